The van der Waals surface area contributed by atoms with Gasteiger partial charge in [-0.3, -0.25) is 0 Å². The lowest BCUT2D eigenvalue weighted by molar-refractivity contribution is 0.864. The first-order chi connectivity index (χ1) is 7.29. The average Bonchev–Trinajstić information content (AvgIpc) is 3.05. The van der Waals surface area contributed by atoms with Crippen molar-refractivity contribution in [3.63, 3.8) is 0 Å². The van der Waals surface area contributed by atoms with Crippen molar-refractivity contribution in [3.05, 3.63) is 48.0 Å². The van der Waals surface area contributed by atoms with Crippen LogP contribution in [0.1, 0.15) is 19.3 Å². The molecule has 0 bridgehead atoms. The fraction of sp³-hybridized carbons (Fsp3) is 0.385. The molecule has 0 aromatic rings. The van der Waals surface area contributed by atoms with Gasteiger partial charge in [0.05, 0.1) is 0 Å². The quantitative estimate of drug-likeness (QED) is 0.731. The lowest BCUT2D eigenvalue weighted by atomic mass is 10.3. The minimum absolute atomic E-state index is 0.704. The zero-order valence-electron chi connectivity index (χ0n) is 9.22. The summed E-state index contributed by atoms with van der Waals surface area (Å²) < 4.78 is 0. The third kappa shape index (κ3) is 2.75. The highest BCUT2D eigenvalue weighted by Gasteiger charge is 2.24. The maximum Gasteiger partial charge on any atom is 0.0379 e. The molecule has 0 radical (unpaired) electrons. The van der Waals surface area contributed by atoms with E-state index in [1.807, 2.05) is 7.05 Å². The summed E-state index contributed by atoms with van der Waals surface area (Å²) in [6.07, 6.45) is 12.0. The van der Waals surface area contributed by atoms with E-state index in [-0.39, 0.29) is 0 Å². The topological polar surface area (TPSA) is 24.1 Å². The second kappa shape index (κ2) is 4.39. The maximum absolute atomic E-state index is 4.06. The largest absolute Gasteiger partial charge is 0.391 e. The molecule has 2 N–H and O–H groups in total. The Balaban J connectivity index is 1.99. The van der Waals surface area contributed by atoms with Gasteiger partial charge in [0.1, 0.15) is 0 Å². The third-order valence-electron chi connectivity index (χ3n) is 2.80. The van der Waals surface area contributed by atoms with Crippen LogP contribution in [-0.2, 0) is 0 Å². The number of hydrogen-bond acceptors (Lipinski definition) is 2. The van der Waals surface area contributed by atoms with Crippen molar-refractivity contribution in [1.29, 1.82) is 0 Å². The van der Waals surface area contributed by atoms with Gasteiger partial charge in [0.2, 0.25) is 0 Å². The Morgan fingerprint density at radius 2 is 2.20 bits per heavy atom. The van der Waals surface area contributed by atoms with Crippen LogP contribution in [-0.4, -0.2) is 7.05 Å². The minimum Gasteiger partial charge on any atom is -0.391 e. The predicted molar refractivity (Wildman–Crippen MR) is 64.0 cm³/mol. The van der Waals surface area contributed by atoms with E-state index < -0.39 is 0 Å². The van der Waals surface area contributed by atoms with E-state index in [0.29, 0.717) is 5.92 Å². The summed E-state index contributed by atoms with van der Waals surface area (Å²) in [5, 5.41) is 6.54. The molecular formula is C13H18N2. The van der Waals surface area contributed by atoms with E-state index in [2.05, 4.69) is 41.5 Å². The lowest BCUT2D eigenvalue weighted by Gasteiger charge is -2.08. The molecule has 0 aromatic heterocycles. The van der Waals surface area contributed by atoms with Gasteiger partial charge in [0.25, 0.3) is 0 Å². The molecule has 15 heavy (non-hydrogen) atoms. The summed E-state index contributed by atoms with van der Waals surface area (Å²) in [4.78, 5) is 0. The highest BCUT2D eigenvalue weighted by atomic mass is 14.9. The zero-order valence-corrected chi connectivity index (χ0v) is 9.22. The van der Waals surface area contributed by atoms with Gasteiger partial charge < -0.3 is 10.6 Å². The summed E-state index contributed by atoms with van der Waals surface area (Å²) >= 11 is 0. The maximum atomic E-state index is 4.06. The standard InChI is InChI=1S/C13H18N2/c1-10(11-6-7-11)15-13-5-3-4-12(14-2)8-9-13/h3,5,8-9,11,14-15H,1,4,6-7H2,2H3. The normalized spacial score (nSPS) is 20.1. The second-order valence-corrected chi connectivity index (χ2v) is 4.09. The third-order valence-corrected chi connectivity index (χ3v) is 2.80. The van der Waals surface area contributed by atoms with Gasteiger partial charge in [0, 0.05) is 30.6 Å². The van der Waals surface area contributed by atoms with Crippen LogP contribution >= 0.6 is 0 Å². The molecule has 0 atom stereocenters. The summed E-state index contributed by atoms with van der Waals surface area (Å²) in [7, 11) is 1.95. The van der Waals surface area contributed by atoms with Gasteiger partial charge in [0.15, 0.2) is 0 Å². The number of nitrogens with one attached hydrogen (secondary N) is 2. The Kier molecular flexibility index (Phi) is 2.95. The van der Waals surface area contributed by atoms with Crippen LogP contribution in [0, 0.1) is 5.92 Å². The molecule has 2 aliphatic rings. The Labute approximate surface area is 91.4 Å². The van der Waals surface area contributed by atoms with Crippen LogP contribution in [0.3, 0.4) is 0 Å². The molecule has 0 spiro atoms. The molecule has 1 fully saturated rings. The Morgan fingerprint density at radius 3 is 2.87 bits per heavy atom. The summed E-state index contributed by atoms with van der Waals surface area (Å²) in [6, 6.07) is 0. The number of hydrogen-bond donors (Lipinski definition) is 2. The van der Waals surface area contributed by atoms with Crippen molar-refractivity contribution >= 4 is 0 Å². The van der Waals surface area contributed by atoms with Gasteiger partial charge in [-0.2, -0.15) is 0 Å². The first-order valence-corrected chi connectivity index (χ1v) is 5.50. The van der Waals surface area contributed by atoms with E-state index in [1.165, 1.54) is 18.5 Å². The van der Waals surface area contributed by atoms with E-state index >= 15 is 0 Å². The Bertz CT molecular complexity index is 344. The summed E-state index contributed by atoms with van der Waals surface area (Å²) in [6.45, 7) is 4.06. The minimum atomic E-state index is 0.704. The molecular weight excluding hydrogens is 184 g/mol. The Hall–Kier alpha value is -1.44. The predicted octanol–water partition coefficient (Wildman–Crippen LogP) is 2.45. The van der Waals surface area contributed by atoms with Crippen LogP contribution < -0.4 is 10.6 Å². The van der Waals surface area contributed by atoms with Crippen LogP contribution in [0.25, 0.3) is 0 Å². The highest BCUT2D eigenvalue weighted by Crippen LogP contribution is 2.34. The smallest absolute Gasteiger partial charge is 0.0379 e. The lowest BCUT2D eigenvalue weighted by Crippen LogP contribution is -2.11. The summed E-state index contributed by atoms with van der Waals surface area (Å²) in [5.41, 5.74) is 3.53. The molecule has 0 aliphatic heterocycles. The highest BCUT2D eigenvalue weighted by molar-refractivity contribution is 5.31. The molecule has 0 amide bonds. The second-order valence-electron chi connectivity index (χ2n) is 4.09. The molecule has 0 heterocycles. The molecule has 0 unspecified atom stereocenters. The monoisotopic (exact) mass is 202 g/mol. The van der Waals surface area contributed by atoms with Crippen molar-refractivity contribution < 1.29 is 0 Å². The van der Waals surface area contributed by atoms with Crippen LogP contribution in [0.2, 0.25) is 0 Å². The first-order valence-electron chi connectivity index (χ1n) is 5.50. The number of allylic oxidation sites excluding steroid dienone is 5. The van der Waals surface area contributed by atoms with Crippen molar-refractivity contribution in [2.24, 2.45) is 5.92 Å². The molecule has 0 saturated heterocycles. The molecule has 0 aromatic carbocycles. The van der Waals surface area contributed by atoms with Gasteiger partial charge in [-0.1, -0.05) is 12.7 Å². The molecule has 2 aliphatic carbocycles. The average molecular weight is 202 g/mol. The molecule has 80 valence electrons. The summed E-state index contributed by atoms with van der Waals surface area (Å²) in [5.74, 6) is 0.704. The fourth-order valence-electron chi connectivity index (χ4n) is 1.61. The van der Waals surface area contributed by atoms with Gasteiger partial charge in [-0.25, -0.2) is 0 Å². The van der Waals surface area contributed by atoms with E-state index in [1.54, 1.807) is 0 Å². The molecule has 1 saturated carbocycles. The first kappa shape index (κ1) is 10.1. The Morgan fingerprint density at radius 1 is 1.40 bits per heavy atom. The van der Waals surface area contributed by atoms with Crippen molar-refractivity contribution in [2.45, 2.75) is 19.3 Å². The van der Waals surface area contributed by atoms with Crippen LogP contribution in [0.15, 0.2) is 48.0 Å². The zero-order chi connectivity index (χ0) is 10.7. The molecule has 2 nitrogen and oxygen atoms in total. The van der Waals surface area contributed by atoms with Crippen LogP contribution in [0.5, 0.6) is 0 Å². The van der Waals surface area contributed by atoms with E-state index in [4.69, 9.17) is 0 Å². The van der Waals surface area contributed by atoms with E-state index in [0.717, 1.165) is 17.8 Å². The van der Waals surface area contributed by atoms with Crippen molar-refractivity contribution in [1.82, 2.24) is 10.6 Å². The van der Waals surface area contributed by atoms with Crippen molar-refractivity contribution in [2.75, 3.05) is 7.05 Å². The van der Waals surface area contributed by atoms with Crippen molar-refractivity contribution in [3.8, 4) is 0 Å². The SMILES string of the molecule is C=C(NC1=CC=C(NC)CC=C1)C1CC1. The van der Waals surface area contributed by atoms with Gasteiger partial charge in [-0.15, -0.1) is 0 Å². The van der Waals surface area contributed by atoms with Gasteiger partial charge >= 0.3 is 0 Å². The fourth-order valence-corrected chi connectivity index (χ4v) is 1.61. The number of rotatable bonds is 4. The van der Waals surface area contributed by atoms with E-state index in [9.17, 15) is 0 Å². The molecule has 2 heteroatoms. The van der Waals surface area contributed by atoms with Crippen LogP contribution in [0.4, 0.5) is 0 Å². The van der Waals surface area contributed by atoms with Gasteiger partial charge in [-0.05, 0) is 37.0 Å². The molecule has 2 rings (SSSR count).